The maximum Gasteiger partial charge on any atom is 0.341 e. The fraction of sp³-hybridized carbons (Fsp3) is 0.188. The molecule has 0 radical (unpaired) electrons. The van der Waals surface area contributed by atoms with Crippen LogP contribution in [0.5, 0.6) is 0 Å². The van der Waals surface area contributed by atoms with Crippen molar-refractivity contribution < 1.29 is 18.7 Å². The Hall–Kier alpha value is -6.62. The number of ether oxygens (including phenoxy) is 2. The van der Waals surface area contributed by atoms with Gasteiger partial charge in [-0.15, -0.1) is 5.10 Å². The molecule has 5 aromatic carbocycles. The van der Waals surface area contributed by atoms with E-state index in [0.717, 1.165) is 57.6 Å². The monoisotopic (exact) mass is 802 g/mol. The number of aromatic nitrogens is 6. The molecule has 1 atom stereocenters. The molecule has 0 N–H and O–H groups in total. The number of rotatable bonds is 15. The number of imidazole rings is 1. The number of benzene rings is 5. The van der Waals surface area contributed by atoms with Crippen LogP contribution >= 0.6 is 11.6 Å². The summed E-state index contributed by atoms with van der Waals surface area (Å²) in [5.74, 6) is 1.21. The molecule has 0 saturated heterocycles. The minimum atomic E-state index is -0.897. The summed E-state index contributed by atoms with van der Waals surface area (Å²) >= 11 is 6.90. The van der Waals surface area contributed by atoms with Crippen LogP contribution in [0, 0.1) is 0 Å². The molecule has 59 heavy (non-hydrogen) atoms. The number of hydrogen-bond acceptors (Lipinski definition) is 8. The van der Waals surface area contributed by atoms with E-state index in [9.17, 15) is 4.79 Å². The number of carbonyl (C=O) groups excluding carboxylic acids is 1. The number of nitrogens with zero attached hydrogens (tertiary/aromatic N) is 6. The highest BCUT2D eigenvalue weighted by Crippen LogP contribution is 2.43. The molecule has 11 heteroatoms. The van der Waals surface area contributed by atoms with Crippen LogP contribution in [0.3, 0.4) is 0 Å². The van der Waals surface area contributed by atoms with Gasteiger partial charge in [-0.05, 0) is 56.3 Å². The molecule has 1 unspecified atom stereocenters. The lowest BCUT2D eigenvalue weighted by Crippen LogP contribution is -2.39. The Balaban J connectivity index is 1.20. The predicted octanol–water partition coefficient (Wildman–Crippen LogP) is 10.2. The van der Waals surface area contributed by atoms with Crippen molar-refractivity contribution in [3.05, 3.63) is 202 Å². The largest absolute Gasteiger partial charge is 0.465 e. The van der Waals surface area contributed by atoms with Gasteiger partial charge in [-0.2, -0.15) is 0 Å². The van der Waals surface area contributed by atoms with E-state index >= 15 is 0 Å². The van der Waals surface area contributed by atoms with E-state index in [-0.39, 0.29) is 10.7 Å². The Morgan fingerprint density at radius 2 is 1.37 bits per heavy atom. The Kier molecular flexibility index (Phi) is 11.6. The second kappa shape index (κ2) is 17.5. The first-order valence-electron chi connectivity index (χ1n) is 19.6. The fourth-order valence-corrected chi connectivity index (χ4v) is 8.27. The van der Waals surface area contributed by atoms with Crippen molar-refractivity contribution in [2.24, 2.45) is 0 Å². The summed E-state index contributed by atoms with van der Waals surface area (Å²) in [6.07, 6.45) is 3.26. The van der Waals surface area contributed by atoms with Crippen LogP contribution in [0.2, 0.25) is 5.15 Å². The maximum atomic E-state index is 12.7. The number of esters is 1. The van der Waals surface area contributed by atoms with Gasteiger partial charge in [0.05, 0.1) is 19.1 Å². The number of unbranched alkanes of at least 4 members (excludes halogenated alkanes) is 1. The van der Waals surface area contributed by atoms with Gasteiger partial charge in [0.25, 0.3) is 0 Å². The number of tetrazole rings is 1. The van der Waals surface area contributed by atoms with Crippen molar-refractivity contribution in [2.45, 2.75) is 44.4 Å². The Bertz CT molecular complexity index is 2540. The molecule has 8 aromatic rings. The fourth-order valence-electron chi connectivity index (χ4n) is 7.97. The number of aryl methyl sites for hydroxylation is 1. The number of carbonyl (C=O) groups is 1. The maximum absolute atomic E-state index is 12.7. The van der Waals surface area contributed by atoms with Crippen molar-refractivity contribution in [3.8, 4) is 22.5 Å². The zero-order chi connectivity index (χ0) is 40.8. The number of halogens is 1. The Morgan fingerprint density at radius 3 is 1.95 bits per heavy atom. The number of hydrogen-bond donors (Lipinski definition) is 0. The highest BCUT2D eigenvalue weighted by molar-refractivity contribution is 6.30. The van der Waals surface area contributed by atoms with Gasteiger partial charge in [-0.25, -0.2) is 14.5 Å². The van der Waals surface area contributed by atoms with E-state index < -0.39 is 17.6 Å². The molecule has 8 rings (SSSR count). The van der Waals surface area contributed by atoms with Crippen LogP contribution in [0.25, 0.3) is 22.5 Å². The van der Waals surface area contributed by atoms with Crippen molar-refractivity contribution in [3.63, 3.8) is 0 Å². The normalized spacial score (nSPS) is 12.1. The lowest BCUT2D eigenvalue weighted by Gasteiger charge is -2.36. The van der Waals surface area contributed by atoms with Crippen LogP contribution in [-0.2, 0) is 28.0 Å². The average Bonchev–Trinajstić information content (AvgIpc) is 4.05. The van der Waals surface area contributed by atoms with Gasteiger partial charge in [0.2, 0.25) is 0 Å². The van der Waals surface area contributed by atoms with Crippen LogP contribution < -0.4 is 0 Å². The smallest absolute Gasteiger partial charge is 0.341 e. The molecular formula is C48H43ClN6O4. The Morgan fingerprint density at radius 1 is 0.780 bits per heavy atom. The van der Waals surface area contributed by atoms with Crippen LogP contribution in [0.4, 0.5) is 0 Å². The summed E-state index contributed by atoms with van der Waals surface area (Å²) in [5.41, 5.74) is 6.90. The van der Waals surface area contributed by atoms with Gasteiger partial charge in [-0.3, -0.25) is 0 Å². The second-order valence-corrected chi connectivity index (χ2v) is 14.5. The first-order chi connectivity index (χ1) is 29.0. The van der Waals surface area contributed by atoms with E-state index in [2.05, 4.69) is 126 Å². The Labute approximate surface area is 348 Å². The molecule has 0 spiro atoms. The standard InChI is InChI=1S/C48H43ClN6O4/c1-4-5-25-41-50-45(49)42(44(57-2)43-40(30-31-59-43)47(56)58-3)54(41)32-33-26-28-34(29-27-33)38-23-15-16-24-39(38)46-51-52-53-55(46)48(35-17-9-6-10-18-35,36-19-11-7-12-20-36)37-21-13-8-14-22-37/h6-24,26-31,44H,4-5,25,32H2,1-3H3. The predicted molar refractivity (Wildman–Crippen MR) is 227 cm³/mol. The van der Waals surface area contributed by atoms with Crippen molar-refractivity contribution in [1.82, 2.24) is 29.8 Å². The highest BCUT2D eigenvalue weighted by Gasteiger charge is 2.42. The molecule has 0 amide bonds. The van der Waals surface area contributed by atoms with Crippen molar-refractivity contribution in [2.75, 3.05) is 14.2 Å². The molecule has 0 aliphatic rings. The minimum Gasteiger partial charge on any atom is -0.465 e. The zero-order valence-electron chi connectivity index (χ0n) is 33.0. The SMILES string of the molecule is CCCCc1nc(Cl)c(C(OC)c2occc2C(=O)OC)n1Cc1ccc(-c2ccccc2-c2nnnn2C(c2ccccc2)(c2ccccc2)c2ccccc2)cc1. The van der Waals surface area contributed by atoms with Gasteiger partial charge in [0, 0.05) is 25.6 Å². The first kappa shape index (κ1) is 39.2. The summed E-state index contributed by atoms with van der Waals surface area (Å²) in [6, 6.07) is 49.4. The van der Waals surface area contributed by atoms with Crippen LogP contribution in [-0.4, -0.2) is 49.9 Å². The molecule has 0 aliphatic carbocycles. The van der Waals surface area contributed by atoms with Gasteiger partial charge in [0.15, 0.2) is 22.8 Å². The third kappa shape index (κ3) is 7.37. The van der Waals surface area contributed by atoms with Crippen LogP contribution in [0.1, 0.15) is 75.8 Å². The minimum absolute atomic E-state index is 0.265. The lowest BCUT2D eigenvalue weighted by atomic mass is 9.77. The average molecular weight is 803 g/mol. The molecule has 296 valence electrons. The highest BCUT2D eigenvalue weighted by atomic mass is 35.5. The molecule has 0 saturated carbocycles. The van der Waals surface area contributed by atoms with Crippen molar-refractivity contribution in [1.29, 1.82) is 0 Å². The third-order valence-corrected chi connectivity index (χ3v) is 11.0. The molecule has 0 aliphatic heterocycles. The van der Waals surface area contributed by atoms with E-state index in [0.29, 0.717) is 30.2 Å². The van der Waals surface area contributed by atoms with Gasteiger partial charge in [-0.1, -0.05) is 164 Å². The third-order valence-electron chi connectivity index (χ3n) is 10.8. The molecule has 3 aromatic heterocycles. The molecule has 0 fully saturated rings. The number of methoxy groups -OCH3 is 2. The summed E-state index contributed by atoms with van der Waals surface area (Å²) in [6.45, 7) is 2.59. The van der Waals surface area contributed by atoms with E-state index in [1.54, 1.807) is 13.2 Å². The van der Waals surface area contributed by atoms with Crippen molar-refractivity contribution >= 4 is 17.6 Å². The summed E-state index contributed by atoms with van der Waals surface area (Å²) in [4.78, 5) is 17.4. The second-order valence-electron chi connectivity index (χ2n) is 14.2. The van der Waals surface area contributed by atoms with E-state index in [1.165, 1.54) is 13.4 Å². The summed E-state index contributed by atoms with van der Waals surface area (Å²) < 4.78 is 20.8. The van der Waals surface area contributed by atoms with Gasteiger partial charge < -0.3 is 18.5 Å². The van der Waals surface area contributed by atoms with E-state index in [1.807, 2.05) is 35.0 Å². The first-order valence-corrected chi connectivity index (χ1v) is 19.9. The molecular weight excluding hydrogens is 760 g/mol. The molecule has 3 heterocycles. The molecule has 0 bridgehead atoms. The molecule has 10 nitrogen and oxygen atoms in total. The van der Waals surface area contributed by atoms with Gasteiger partial charge in [0.1, 0.15) is 16.9 Å². The summed E-state index contributed by atoms with van der Waals surface area (Å²) in [7, 11) is 2.89. The van der Waals surface area contributed by atoms with Gasteiger partial charge >= 0.3 is 5.97 Å². The number of furan rings is 1. The van der Waals surface area contributed by atoms with E-state index in [4.69, 9.17) is 40.8 Å². The zero-order valence-corrected chi connectivity index (χ0v) is 33.8. The quantitative estimate of drug-likeness (QED) is 0.0744. The van der Waals surface area contributed by atoms with Crippen LogP contribution in [0.15, 0.2) is 156 Å². The topological polar surface area (TPSA) is 110 Å². The lowest BCUT2D eigenvalue weighted by molar-refractivity contribution is 0.0583. The summed E-state index contributed by atoms with van der Waals surface area (Å²) in [5, 5.41) is 14.1.